The maximum absolute atomic E-state index is 10.7. The van der Waals surface area contributed by atoms with Gasteiger partial charge in [-0.15, -0.1) is 0 Å². The molecule has 0 spiro atoms. The molecule has 0 aliphatic carbocycles. The summed E-state index contributed by atoms with van der Waals surface area (Å²) in [6.45, 7) is 0. The molecule has 0 aliphatic heterocycles. The number of carbonyl (C=O) groups excluding carboxylic acids is 1. The molecule has 0 fully saturated rings. The Labute approximate surface area is 109 Å². The van der Waals surface area contributed by atoms with Crippen molar-refractivity contribution in [2.45, 2.75) is 0 Å². The fourth-order valence-electron chi connectivity index (χ4n) is 1.93. The molecule has 18 heavy (non-hydrogen) atoms. The number of benzene rings is 1. The van der Waals surface area contributed by atoms with Gasteiger partial charge in [0, 0.05) is 17.3 Å². The van der Waals surface area contributed by atoms with E-state index in [2.05, 4.69) is 4.98 Å². The summed E-state index contributed by atoms with van der Waals surface area (Å²) < 4.78 is 1.91. The Bertz CT molecular complexity index is 733. The maximum Gasteiger partial charge on any atom is 0.150 e. The first-order valence-electron chi connectivity index (χ1n) is 5.47. The summed E-state index contributed by atoms with van der Waals surface area (Å²) in [5.41, 5.74) is 2.38. The van der Waals surface area contributed by atoms with Gasteiger partial charge in [-0.05, 0) is 24.3 Å². The third-order valence-electron chi connectivity index (χ3n) is 2.81. The van der Waals surface area contributed by atoms with Gasteiger partial charge >= 0.3 is 0 Å². The Morgan fingerprint density at radius 2 is 2.06 bits per heavy atom. The van der Waals surface area contributed by atoms with Crippen molar-refractivity contribution < 1.29 is 4.79 Å². The number of imidazole rings is 1. The molecular formula is C14H9ClN2O. The number of carbonyl (C=O) groups is 1. The lowest BCUT2D eigenvalue weighted by Crippen LogP contribution is -1.91. The first kappa shape index (κ1) is 11.0. The molecule has 1 aromatic carbocycles. The second-order valence-corrected chi connectivity index (χ2v) is 4.34. The van der Waals surface area contributed by atoms with Crippen molar-refractivity contribution in [1.29, 1.82) is 0 Å². The normalized spacial score (nSPS) is 10.7. The van der Waals surface area contributed by atoms with E-state index in [-0.39, 0.29) is 0 Å². The minimum atomic E-state index is 0.633. The summed E-state index contributed by atoms with van der Waals surface area (Å²) in [5.74, 6) is 0.771. The van der Waals surface area contributed by atoms with Gasteiger partial charge in [0.25, 0.3) is 0 Å². The average molecular weight is 257 g/mol. The quantitative estimate of drug-likeness (QED) is 0.658. The Morgan fingerprint density at radius 3 is 2.83 bits per heavy atom. The van der Waals surface area contributed by atoms with Crippen LogP contribution in [0.25, 0.3) is 16.9 Å². The number of nitrogens with zero attached hydrogens (tertiary/aromatic N) is 2. The fraction of sp³-hybridized carbons (Fsp3) is 0. The molecule has 3 rings (SSSR count). The van der Waals surface area contributed by atoms with E-state index in [9.17, 15) is 4.79 Å². The lowest BCUT2D eigenvalue weighted by molar-refractivity contribution is 0.112. The Balaban J connectivity index is 2.25. The van der Waals surface area contributed by atoms with Gasteiger partial charge in [0.15, 0.2) is 0 Å². The van der Waals surface area contributed by atoms with Crippen LogP contribution in [0.15, 0.2) is 48.8 Å². The number of hydrogen-bond donors (Lipinski definition) is 0. The van der Waals surface area contributed by atoms with Crippen molar-refractivity contribution in [3.05, 3.63) is 59.4 Å². The molecule has 0 atom stereocenters. The highest BCUT2D eigenvalue weighted by atomic mass is 35.5. The largest absolute Gasteiger partial charge is 0.300 e. The molecule has 2 heterocycles. The van der Waals surface area contributed by atoms with Gasteiger partial charge in [-0.1, -0.05) is 23.7 Å². The maximum atomic E-state index is 10.7. The molecular weight excluding hydrogens is 248 g/mol. The third-order valence-corrected chi connectivity index (χ3v) is 3.14. The van der Waals surface area contributed by atoms with Crippen molar-refractivity contribution >= 4 is 23.4 Å². The number of aldehydes is 1. The number of fused-ring (bicyclic) bond motifs is 1. The minimum absolute atomic E-state index is 0.633. The van der Waals surface area contributed by atoms with Crippen LogP contribution in [-0.4, -0.2) is 15.7 Å². The van der Waals surface area contributed by atoms with Gasteiger partial charge in [0.1, 0.15) is 12.1 Å². The summed E-state index contributed by atoms with van der Waals surface area (Å²) in [5, 5.41) is 0.657. The van der Waals surface area contributed by atoms with E-state index in [0.717, 1.165) is 23.2 Å². The van der Waals surface area contributed by atoms with E-state index in [1.165, 1.54) is 0 Å². The third kappa shape index (κ3) is 1.69. The van der Waals surface area contributed by atoms with Crippen LogP contribution in [0.3, 0.4) is 0 Å². The molecule has 2 aromatic heterocycles. The van der Waals surface area contributed by atoms with Crippen LogP contribution in [0, 0.1) is 0 Å². The molecule has 3 aromatic rings. The van der Waals surface area contributed by atoms with Gasteiger partial charge in [0.2, 0.25) is 0 Å². The van der Waals surface area contributed by atoms with Crippen molar-refractivity contribution in [2.24, 2.45) is 0 Å². The Morgan fingerprint density at radius 1 is 1.22 bits per heavy atom. The smallest absolute Gasteiger partial charge is 0.150 e. The van der Waals surface area contributed by atoms with Gasteiger partial charge < -0.3 is 0 Å². The number of hydrogen-bond acceptors (Lipinski definition) is 2. The first-order valence-corrected chi connectivity index (χ1v) is 5.84. The van der Waals surface area contributed by atoms with Crippen molar-refractivity contribution in [3.8, 4) is 11.4 Å². The molecule has 0 aliphatic rings. The highest BCUT2D eigenvalue weighted by Crippen LogP contribution is 2.27. The topological polar surface area (TPSA) is 34.4 Å². The van der Waals surface area contributed by atoms with Gasteiger partial charge in [-0.2, -0.15) is 0 Å². The highest BCUT2D eigenvalue weighted by molar-refractivity contribution is 6.33. The summed E-state index contributed by atoms with van der Waals surface area (Å²) >= 11 is 6.17. The van der Waals surface area contributed by atoms with E-state index in [4.69, 9.17) is 11.6 Å². The fourth-order valence-corrected chi connectivity index (χ4v) is 2.15. The van der Waals surface area contributed by atoms with Crippen LogP contribution in [0.4, 0.5) is 0 Å². The lowest BCUT2D eigenvalue weighted by Gasteiger charge is -2.03. The first-order chi connectivity index (χ1) is 8.79. The van der Waals surface area contributed by atoms with Crippen LogP contribution in [0.1, 0.15) is 10.4 Å². The standard InChI is InChI=1S/C14H9ClN2O/c15-13-4-2-1-3-12(13)14-16-8-11-7-10(9-18)5-6-17(11)14/h1-9H. The van der Waals surface area contributed by atoms with Crippen molar-refractivity contribution in [2.75, 3.05) is 0 Å². The molecule has 0 amide bonds. The van der Waals surface area contributed by atoms with Gasteiger partial charge in [0.05, 0.1) is 16.7 Å². The van der Waals surface area contributed by atoms with E-state index < -0.39 is 0 Å². The minimum Gasteiger partial charge on any atom is -0.300 e. The molecule has 0 radical (unpaired) electrons. The van der Waals surface area contributed by atoms with E-state index in [1.807, 2.05) is 34.9 Å². The van der Waals surface area contributed by atoms with Crippen molar-refractivity contribution in [1.82, 2.24) is 9.38 Å². The number of aromatic nitrogens is 2. The zero-order chi connectivity index (χ0) is 12.5. The van der Waals surface area contributed by atoms with Gasteiger partial charge in [-0.25, -0.2) is 4.98 Å². The van der Waals surface area contributed by atoms with E-state index in [1.54, 1.807) is 18.3 Å². The summed E-state index contributed by atoms with van der Waals surface area (Å²) in [6.07, 6.45) is 4.37. The average Bonchev–Trinajstić information content (AvgIpc) is 2.82. The summed E-state index contributed by atoms with van der Waals surface area (Å²) in [4.78, 5) is 15.1. The second kappa shape index (κ2) is 4.27. The van der Waals surface area contributed by atoms with Crippen LogP contribution in [0.2, 0.25) is 5.02 Å². The Hall–Kier alpha value is -2.13. The highest BCUT2D eigenvalue weighted by Gasteiger charge is 2.09. The van der Waals surface area contributed by atoms with Crippen LogP contribution >= 0.6 is 11.6 Å². The second-order valence-electron chi connectivity index (χ2n) is 3.93. The molecule has 3 nitrogen and oxygen atoms in total. The molecule has 0 bridgehead atoms. The number of pyridine rings is 1. The zero-order valence-corrected chi connectivity index (χ0v) is 10.1. The van der Waals surface area contributed by atoms with E-state index >= 15 is 0 Å². The number of rotatable bonds is 2. The lowest BCUT2D eigenvalue weighted by atomic mass is 10.2. The van der Waals surface area contributed by atoms with Crippen LogP contribution in [0.5, 0.6) is 0 Å². The van der Waals surface area contributed by atoms with E-state index in [0.29, 0.717) is 10.6 Å². The molecule has 0 unspecified atom stereocenters. The predicted molar refractivity (Wildman–Crippen MR) is 71.0 cm³/mol. The summed E-state index contributed by atoms with van der Waals surface area (Å²) in [6, 6.07) is 11.1. The summed E-state index contributed by atoms with van der Waals surface area (Å²) in [7, 11) is 0. The van der Waals surface area contributed by atoms with Crippen LogP contribution < -0.4 is 0 Å². The SMILES string of the molecule is O=Cc1ccn2c(-c3ccccc3Cl)ncc2c1. The van der Waals surface area contributed by atoms with Gasteiger partial charge in [-0.3, -0.25) is 9.20 Å². The number of halogens is 1. The molecule has 0 saturated heterocycles. The zero-order valence-electron chi connectivity index (χ0n) is 9.38. The van der Waals surface area contributed by atoms with Crippen LogP contribution in [-0.2, 0) is 0 Å². The molecule has 0 N–H and O–H groups in total. The predicted octanol–water partition coefficient (Wildman–Crippen LogP) is 3.47. The molecule has 0 saturated carbocycles. The molecule has 4 heteroatoms. The monoisotopic (exact) mass is 256 g/mol. The van der Waals surface area contributed by atoms with Crippen molar-refractivity contribution in [3.63, 3.8) is 0 Å². The Kier molecular flexibility index (Phi) is 2.61. The molecule has 88 valence electrons.